The van der Waals surface area contributed by atoms with Crippen LogP contribution in [-0.2, 0) is 4.79 Å². The maximum absolute atomic E-state index is 10.6. The summed E-state index contributed by atoms with van der Waals surface area (Å²) in [5.74, 6) is -3.98. The minimum Gasteiger partial charge on any atom is -0.504 e. The van der Waals surface area contributed by atoms with Crippen LogP contribution >= 0.6 is 0 Å². The van der Waals surface area contributed by atoms with E-state index < -0.39 is 44.3 Å². The highest BCUT2D eigenvalue weighted by atomic mass is 16.6. The molecule has 1 rings (SSSR count). The molecule has 0 amide bonds. The molecule has 0 fully saturated rings. The summed E-state index contributed by atoms with van der Waals surface area (Å²) >= 11 is 0. The first-order valence-electron chi connectivity index (χ1n) is 4.54. The number of carboxylic acid groups (broad SMARTS) is 1. The van der Waals surface area contributed by atoms with Gasteiger partial charge in [0.2, 0.25) is 5.75 Å². The van der Waals surface area contributed by atoms with Crippen molar-refractivity contribution in [2.75, 3.05) is 0 Å². The SMILES string of the molecule is O=C(O)/C(=C\c1ccc([N+](=O)[O-])c(O)c1O)[N+](=O)[O-]. The Morgan fingerprint density at radius 2 is 1.74 bits per heavy atom. The van der Waals surface area contributed by atoms with E-state index in [9.17, 15) is 35.2 Å². The molecule has 0 spiro atoms. The Bertz CT molecular complexity index is 590. The zero-order valence-electron chi connectivity index (χ0n) is 9.01. The van der Waals surface area contributed by atoms with Crippen molar-refractivity contribution in [3.63, 3.8) is 0 Å². The van der Waals surface area contributed by atoms with Gasteiger partial charge in [-0.1, -0.05) is 0 Å². The molecule has 0 heterocycles. The second kappa shape index (κ2) is 5.00. The fourth-order valence-electron chi connectivity index (χ4n) is 1.19. The number of hydrogen-bond donors (Lipinski definition) is 3. The summed E-state index contributed by atoms with van der Waals surface area (Å²) in [6.07, 6.45) is 0.473. The number of carbonyl (C=O) groups is 1. The molecule has 10 nitrogen and oxygen atoms in total. The van der Waals surface area contributed by atoms with Gasteiger partial charge in [-0.2, -0.15) is 0 Å². The molecule has 10 heteroatoms. The number of nitrogens with zero attached hydrogens (tertiary/aromatic N) is 2. The van der Waals surface area contributed by atoms with Gasteiger partial charge in [-0.3, -0.25) is 20.2 Å². The number of benzene rings is 1. The molecular weight excluding hydrogens is 264 g/mol. The van der Waals surface area contributed by atoms with Gasteiger partial charge in [0, 0.05) is 17.7 Å². The summed E-state index contributed by atoms with van der Waals surface area (Å²) < 4.78 is 0. The normalized spacial score (nSPS) is 11.1. The molecule has 0 saturated carbocycles. The van der Waals surface area contributed by atoms with Gasteiger partial charge >= 0.3 is 17.4 Å². The van der Waals surface area contributed by atoms with Crippen molar-refractivity contribution in [1.82, 2.24) is 0 Å². The second-order valence-electron chi connectivity index (χ2n) is 3.22. The standard InChI is InChI=1S/C9H6N2O8/c12-7-4(3-6(9(14)15)11(18)19)1-2-5(8(7)13)10(16)17/h1-3,12-13H,(H,14,15)/b6-3+. The van der Waals surface area contributed by atoms with E-state index >= 15 is 0 Å². The first kappa shape index (κ1) is 13.9. The molecule has 0 aromatic heterocycles. The molecule has 0 aliphatic heterocycles. The van der Waals surface area contributed by atoms with Crippen molar-refractivity contribution in [2.45, 2.75) is 0 Å². The highest BCUT2D eigenvalue weighted by Gasteiger charge is 2.24. The van der Waals surface area contributed by atoms with Gasteiger partial charge in [0.15, 0.2) is 5.75 Å². The highest BCUT2D eigenvalue weighted by Crippen LogP contribution is 2.38. The molecular formula is C9H6N2O8. The first-order chi connectivity index (χ1) is 8.75. The van der Waals surface area contributed by atoms with Crippen molar-refractivity contribution in [1.29, 1.82) is 0 Å². The third-order valence-electron chi connectivity index (χ3n) is 2.07. The Kier molecular flexibility index (Phi) is 3.65. The maximum Gasteiger partial charge on any atom is 0.407 e. The molecule has 0 saturated heterocycles. The van der Waals surface area contributed by atoms with E-state index in [-0.39, 0.29) is 0 Å². The first-order valence-corrected chi connectivity index (χ1v) is 4.54. The third-order valence-corrected chi connectivity index (χ3v) is 2.07. The van der Waals surface area contributed by atoms with E-state index in [2.05, 4.69) is 0 Å². The third kappa shape index (κ3) is 2.74. The zero-order valence-corrected chi connectivity index (χ0v) is 9.01. The number of nitro groups is 2. The van der Waals surface area contributed by atoms with Crippen LogP contribution in [0.4, 0.5) is 5.69 Å². The fraction of sp³-hybridized carbons (Fsp3) is 0. The topological polar surface area (TPSA) is 164 Å². The molecule has 1 aromatic rings. The summed E-state index contributed by atoms with van der Waals surface area (Å²) in [5, 5.41) is 48.1. The van der Waals surface area contributed by atoms with E-state index in [1.54, 1.807) is 0 Å². The van der Waals surface area contributed by atoms with E-state index in [1.165, 1.54) is 0 Å². The van der Waals surface area contributed by atoms with E-state index in [0.29, 0.717) is 6.08 Å². The number of nitro benzene ring substituents is 1. The highest BCUT2D eigenvalue weighted by molar-refractivity contribution is 5.90. The second-order valence-corrected chi connectivity index (χ2v) is 3.22. The number of rotatable bonds is 4. The Morgan fingerprint density at radius 1 is 1.16 bits per heavy atom. The average Bonchev–Trinajstić information content (AvgIpc) is 2.29. The van der Waals surface area contributed by atoms with Crippen LogP contribution in [0.3, 0.4) is 0 Å². The predicted octanol–water partition coefficient (Wildman–Crippen LogP) is 0.708. The van der Waals surface area contributed by atoms with Gasteiger partial charge < -0.3 is 15.3 Å². The number of aliphatic carboxylic acids is 1. The molecule has 0 atom stereocenters. The Hall–Kier alpha value is -3.17. The molecule has 0 radical (unpaired) electrons. The van der Waals surface area contributed by atoms with Crippen molar-refractivity contribution in [2.24, 2.45) is 0 Å². The minimum absolute atomic E-state index is 0.433. The van der Waals surface area contributed by atoms with Crippen molar-refractivity contribution in [3.8, 4) is 11.5 Å². The zero-order chi connectivity index (χ0) is 14.7. The molecule has 0 bridgehead atoms. The fourth-order valence-corrected chi connectivity index (χ4v) is 1.19. The van der Waals surface area contributed by atoms with Gasteiger partial charge in [0.25, 0.3) is 0 Å². The van der Waals surface area contributed by atoms with Gasteiger partial charge in [-0.05, 0) is 6.07 Å². The van der Waals surface area contributed by atoms with Crippen LogP contribution in [0.15, 0.2) is 17.8 Å². The predicted molar refractivity (Wildman–Crippen MR) is 59.0 cm³/mol. The molecule has 100 valence electrons. The number of hydrogen-bond acceptors (Lipinski definition) is 7. The molecule has 1 aromatic carbocycles. The molecule has 0 aliphatic carbocycles. The maximum atomic E-state index is 10.6. The summed E-state index contributed by atoms with van der Waals surface area (Å²) in [7, 11) is 0. The van der Waals surface area contributed by atoms with Crippen molar-refractivity contribution in [3.05, 3.63) is 43.6 Å². The number of phenols is 2. The molecule has 3 N–H and O–H groups in total. The van der Waals surface area contributed by atoms with Crippen LogP contribution in [0.25, 0.3) is 6.08 Å². The van der Waals surface area contributed by atoms with Crippen LogP contribution in [0.5, 0.6) is 11.5 Å². The number of carboxylic acids is 1. The van der Waals surface area contributed by atoms with Crippen LogP contribution in [0, 0.1) is 20.2 Å². The van der Waals surface area contributed by atoms with Gasteiger partial charge in [0.05, 0.1) is 9.85 Å². The van der Waals surface area contributed by atoms with Gasteiger partial charge in [0.1, 0.15) is 0 Å². The lowest BCUT2D eigenvalue weighted by molar-refractivity contribution is -0.419. The summed E-state index contributed by atoms with van der Waals surface area (Å²) in [6.45, 7) is 0. The van der Waals surface area contributed by atoms with Crippen molar-refractivity contribution < 1.29 is 30.0 Å². The van der Waals surface area contributed by atoms with E-state index in [1.807, 2.05) is 0 Å². The Morgan fingerprint density at radius 3 is 2.16 bits per heavy atom. The monoisotopic (exact) mass is 270 g/mol. The largest absolute Gasteiger partial charge is 0.504 e. The van der Waals surface area contributed by atoms with Crippen molar-refractivity contribution >= 4 is 17.7 Å². The van der Waals surface area contributed by atoms with Crippen LogP contribution in [0.2, 0.25) is 0 Å². The van der Waals surface area contributed by atoms with Crippen LogP contribution in [0.1, 0.15) is 5.56 Å². The number of phenolic OH excluding ortho intramolecular Hbond substituents is 2. The Labute approximate surface area is 104 Å². The lowest BCUT2D eigenvalue weighted by Crippen LogP contribution is -2.09. The number of aromatic hydroxyl groups is 2. The van der Waals surface area contributed by atoms with Crippen LogP contribution in [-0.4, -0.2) is 31.1 Å². The summed E-state index contributed by atoms with van der Waals surface area (Å²) in [5.41, 5.74) is -2.51. The van der Waals surface area contributed by atoms with E-state index in [4.69, 9.17) is 5.11 Å². The Balaban J connectivity index is 3.42. The van der Waals surface area contributed by atoms with E-state index in [0.717, 1.165) is 12.1 Å². The minimum atomic E-state index is -1.86. The molecule has 0 aliphatic rings. The molecule has 19 heavy (non-hydrogen) atoms. The quantitative estimate of drug-likeness (QED) is 0.311. The molecule has 0 unspecified atom stereocenters. The smallest absolute Gasteiger partial charge is 0.407 e. The van der Waals surface area contributed by atoms with Gasteiger partial charge in [-0.25, -0.2) is 4.79 Å². The lowest BCUT2D eigenvalue weighted by atomic mass is 10.1. The summed E-state index contributed by atoms with van der Waals surface area (Å²) in [6, 6.07) is 1.65. The van der Waals surface area contributed by atoms with Crippen LogP contribution < -0.4 is 0 Å². The van der Waals surface area contributed by atoms with Gasteiger partial charge in [-0.15, -0.1) is 0 Å². The lowest BCUT2D eigenvalue weighted by Gasteiger charge is -2.02. The summed E-state index contributed by atoms with van der Waals surface area (Å²) in [4.78, 5) is 29.2. The average molecular weight is 270 g/mol.